The molecule has 6 rings (SSSR count). The average Bonchev–Trinajstić information content (AvgIpc) is 3.49. The van der Waals surface area contributed by atoms with Gasteiger partial charge in [-0.3, -0.25) is 4.98 Å². The van der Waals surface area contributed by atoms with Crippen LogP contribution in [0.3, 0.4) is 0 Å². The Morgan fingerprint density at radius 2 is 1.63 bits per heavy atom. The summed E-state index contributed by atoms with van der Waals surface area (Å²) in [5, 5.41) is 14.6. The summed E-state index contributed by atoms with van der Waals surface area (Å²) in [5.74, 6) is -0.170. The Morgan fingerprint density at radius 1 is 0.895 bits per heavy atom. The highest BCUT2D eigenvalue weighted by molar-refractivity contribution is 5.99. The number of nitrogens with zero attached hydrogens (tertiary/aromatic N) is 3. The van der Waals surface area contributed by atoms with Gasteiger partial charge in [0.25, 0.3) is 0 Å². The lowest BCUT2D eigenvalue weighted by Gasteiger charge is -2.21. The third kappa shape index (κ3) is 4.06. The van der Waals surface area contributed by atoms with Gasteiger partial charge in [0.05, 0.1) is 22.5 Å². The van der Waals surface area contributed by atoms with Crippen LogP contribution in [-0.2, 0) is 0 Å². The number of hydrogen-bond acceptors (Lipinski definition) is 4. The van der Waals surface area contributed by atoms with Crippen molar-refractivity contribution in [3.05, 3.63) is 132 Å². The van der Waals surface area contributed by atoms with Crippen LogP contribution in [-0.4, -0.2) is 25.8 Å². The second-order valence-electron chi connectivity index (χ2n) is 9.33. The molecule has 0 aliphatic rings. The number of aryl methyl sites for hydroxylation is 2. The van der Waals surface area contributed by atoms with E-state index in [-0.39, 0.29) is 11.6 Å². The van der Waals surface area contributed by atoms with Crippen LogP contribution in [0, 0.1) is 13.8 Å². The third-order valence-corrected chi connectivity index (χ3v) is 6.96. The molecule has 0 aliphatic carbocycles. The molecule has 0 aliphatic heterocycles. The van der Waals surface area contributed by atoms with Gasteiger partial charge in [-0.2, -0.15) is 0 Å². The molecule has 6 heteroatoms. The normalized spacial score (nSPS) is 12.1. The molecule has 0 fully saturated rings. The molecule has 1 N–H and O–H groups in total. The molecule has 3 aromatic heterocycles. The summed E-state index contributed by atoms with van der Waals surface area (Å²) in [6.45, 7) is 3.87. The van der Waals surface area contributed by atoms with Crippen molar-refractivity contribution in [1.29, 1.82) is 0 Å². The van der Waals surface area contributed by atoms with Crippen LogP contribution in [0.15, 0.2) is 108 Å². The molecule has 38 heavy (non-hydrogen) atoms. The zero-order valence-electron chi connectivity index (χ0n) is 21.0. The van der Waals surface area contributed by atoms with Crippen LogP contribution in [0.5, 0.6) is 0 Å². The number of hydrogen-bond donors (Lipinski definition) is 1. The highest BCUT2D eigenvalue weighted by Gasteiger charge is 2.23. The van der Waals surface area contributed by atoms with Crippen molar-refractivity contribution in [2.75, 3.05) is 0 Å². The number of carbonyl (C=O) groups is 1. The van der Waals surface area contributed by atoms with Gasteiger partial charge < -0.3 is 14.2 Å². The number of fused-ring (bicyclic) bond motifs is 1. The molecular formula is C32H25N3O3. The average molecular weight is 500 g/mol. The lowest BCUT2D eigenvalue weighted by molar-refractivity contribution is 0.0697. The monoisotopic (exact) mass is 499 g/mol. The maximum absolute atomic E-state index is 11.4. The van der Waals surface area contributed by atoms with E-state index in [4.69, 9.17) is 9.51 Å². The summed E-state index contributed by atoms with van der Waals surface area (Å²) < 4.78 is 7.73. The SMILES string of the molecule is Cc1noc(C)c1-c1ccc2c(-c3ccc(C(=O)O)cc3)cn([C@H](c3ccccc3)c3ccccn3)c2c1. The van der Waals surface area contributed by atoms with Crippen molar-refractivity contribution in [3.8, 4) is 22.3 Å². The lowest BCUT2D eigenvalue weighted by Crippen LogP contribution is -2.12. The highest BCUT2D eigenvalue weighted by atomic mass is 16.5. The van der Waals surface area contributed by atoms with Crippen LogP contribution in [0.2, 0.25) is 0 Å². The van der Waals surface area contributed by atoms with Crippen molar-refractivity contribution >= 4 is 16.9 Å². The molecule has 6 aromatic rings. The Morgan fingerprint density at radius 3 is 2.29 bits per heavy atom. The summed E-state index contributed by atoms with van der Waals surface area (Å²) >= 11 is 0. The van der Waals surface area contributed by atoms with E-state index in [9.17, 15) is 9.90 Å². The summed E-state index contributed by atoms with van der Waals surface area (Å²) in [6, 6.07) is 29.5. The first-order valence-corrected chi connectivity index (χ1v) is 12.4. The van der Waals surface area contributed by atoms with Crippen LogP contribution in [0.1, 0.15) is 39.1 Å². The van der Waals surface area contributed by atoms with E-state index in [2.05, 4.69) is 46.3 Å². The molecule has 0 saturated heterocycles. The first-order chi connectivity index (χ1) is 18.5. The Kier molecular flexibility index (Phi) is 5.85. The summed E-state index contributed by atoms with van der Waals surface area (Å²) in [6.07, 6.45) is 3.96. The van der Waals surface area contributed by atoms with Gasteiger partial charge in [0.1, 0.15) is 11.8 Å². The molecule has 1 atom stereocenters. The van der Waals surface area contributed by atoms with Gasteiger partial charge in [-0.25, -0.2) is 4.79 Å². The molecule has 0 radical (unpaired) electrons. The number of carboxylic acid groups (broad SMARTS) is 1. The smallest absolute Gasteiger partial charge is 0.335 e. The van der Waals surface area contributed by atoms with Crippen LogP contribution >= 0.6 is 0 Å². The molecule has 0 spiro atoms. The predicted molar refractivity (Wildman–Crippen MR) is 147 cm³/mol. The minimum Gasteiger partial charge on any atom is -0.478 e. The standard InChI is InChI=1S/C32H25N3O3/c1-20-30(21(2)38-34-20)25-15-16-26-27(22-11-13-24(14-12-22)32(36)37)19-35(29(26)18-25)31(23-8-4-3-5-9-23)28-10-6-7-17-33-28/h3-19,31H,1-2H3,(H,36,37)/t31-/m1/s1. The first kappa shape index (κ1) is 23.4. The predicted octanol–water partition coefficient (Wildman–Crippen LogP) is 7.31. The van der Waals surface area contributed by atoms with Crippen molar-refractivity contribution in [3.63, 3.8) is 0 Å². The third-order valence-electron chi connectivity index (χ3n) is 6.96. The van der Waals surface area contributed by atoms with Crippen LogP contribution < -0.4 is 0 Å². The van der Waals surface area contributed by atoms with E-state index in [1.807, 2.05) is 68.6 Å². The van der Waals surface area contributed by atoms with Gasteiger partial charge in [-0.15, -0.1) is 0 Å². The fourth-order valence-electron chi connectivity index (χ4n) is 5.18. The molecular weight excluding hydrogens is 474 g/mol. The van der Waals surface area contributed by atoms with E-state index in [0.29, 0.717) is 0 Å². The zero-order valence-corrected chi connectivity index (χ0v) is 21.0. The maximum Gasteiger partial charge on any atom is 0.335 e. The Hall–Kier alpha value is -4.97. The molecule has 0 bridgehead atoms. The van der Waals surface area contributed by atoms with E-state index in [1.54, 1.807) is 12.1 Å². The van der Waals surface area contributed by atoms with Crippen molar-refractivity contribution in [2.45, 2.75) is 19.9 Å². The Labute approximate surface area is 219 Å². The van der Waals surface area contributed by atoms with Crippen LogP contribution in [0.25, 0.3) is 33.2 Å². The lowest BCUT2D eigenvalue weighted by atomic mass is 9.99. The van der Waals surface area contributed by atoms with Crippen molar-refractivity contribution in [1.82, 2.24) is 14.7 Å². The van der Waals surface area contributed by atoms with E-state index in [1.165, 1.54) is 0 Å². The quantitative estimate of drug-likeness (QED) is 0.260. The molecule has 0 saturated carbocycles. The number of carboxylic acids is 1. The fraction of sp³-hybridized carbons (Fsp3) is 0.0938. The first-order valence-electron chi connectivity index (χ1n) is 12.4. The molecule has 3 aromatic carbocycles. The maximum atomic E-state index is 11.4. The van der Waals surface area contributed by atoms with Crippen molar-refractivity contribution < 1.29 is 14.4 Å². The van der Waals surface area contributed by atoms with E-state index < -0.39 is 5.97 Å². The second kappa shape index (κ2) is 9.48. The van der Waals surface area contributed by atoms with Crippen LogP contribution in [0.4, 0.5) is 0 Å². The number of aromatic nitrogens is 3. The number of benzene rings is 3. The van der Waals surface area contributed by atoms with Gasteiger partial charge in [-0.05, 0) is 60.9 Å². The summed E-state index contributed by atoms with van der Waals surface area (Å²) in [4.78, 5) is 16.2. The minimum atomic E-state index is -0.942. The molecule has 0 amide bonds. The Bertz CT molecular complexity index is 1690. The minimum absolute atomic E-state index is 0.174. The van der Waals surface area contributed by atoms with Crippen molar-refractivity contribution in [2.24, 2.45) is 0 Å². The largest absolute Gasteiger partial charge is 0.478 e. The van der Waals surface area contributed by atoms with E-state index >= 15 is 0 Å². The van der Waals surface area contributed by atoms with Gasteiger partial charge in [-0.1, -0.05) is 65.8 Å². The number of rotatable bonds is 6. The van der Waals surface area contributed by atoms with E-state index in [0.717, 1.165) is 55.9 Å². The molecule has 3 heterocycles. The highest BCUT2D eigenvalue weighted by Crippen LogP contribution is 2.39. The van der Waals surface area contributed by atoms with Gasteiger partial charge in [0.2, 0.25) is 0 Å². The zero-order chi connectivity index (χ0) is 26.2. The topological polar surface area (TPSA) is 81.1 Å². The number of aromatic carboxylic acids is 1. The van der Waals surface area contributed by atoms with Gasteiger partial charge in [0.15, 0.2) is 0 Å². The fourth-order valence-corrected chi connectivity index (χ4v) is 5.18. The second-order valence-corrected chi connectivity index (χ2v) is 9.33. The molecule has 0 unspecified atom stereocenters. The molecule has 186 valence electrons. The Balaban J connectivity index is 1.63. The van der Waals surface area contributed by atoms with Gasteiger partial charge in [0, 0.05) is 28.9 Å². The number of pyridine rings is 1. The van der Waals surface area contributed by atoms with Gasteiger partial charge >= 0.3 is 5.97 Å². The summed E-state index contributed by atoms with van der Waals surface area (Å²) in [5.41, 5.74) is 8.12. The summed E-state index contributed by atoms with van der Waals surface area (Å²) in [7, 11) is 0. The molecule has 6 nitrogen and oxygen atoms in total.